The van der Waals surface area contributed by atoms with Gasteiger partial charge in [-0.2, -0.15) is 0 Å². The van der Waals surface area contributed by atoms with Gasteiger partial charge in [0.15, 0.2) is 0 Å². The number of carbonyl (C=O) groups excluding carboxylic acids is 1. The molecule has 4 rings (SSSR count). The Balaban J connectivity index is 1.27. The number of aryl methyl sites for hydroxylation is 1. The van der Waals surface area contributed by atoms with Gasteiger partial charge in [0.05, 0.1) is 13.2 Å². The van der Waals surface area contributed by atoms with Gasteiger partial charge < -0.3 is 9.84 Å². The molecule has 2 fully saturated rings. The van der Waals surface area contributed by atoms with E-state index in [1.807, 2.05) is 30.5 Å². The molecule has 2 aliphatic rings. The average Bonchev–Trinajstić information content (AvgIpc) is 3.43. The standard InChI is InChI=1S/C28H36ClNO3S/c1-33-27(32)25-15-13-22(34-25)9-4-7-20-12-14-24(29)23(20)10-5-11-26(31)28(16-6-17-28)19-21-8-2-3-18-30-21/h2-3,5,8,10,13,15,18,20,23-24,26,31H,4,6-7,9,11-12,14,16-17,19H2,1H3/b10-5+/t20-,23?,24?,26?/m0/s1. The molecule has 4 nitrogen and oxygen atoms in total. The summed E-state index contributed by atoms with van der Waals surface area (Å²) in [7, 11) is 1.42. The SMILES string of the molecule is COC(=O)c1ccc(CCC[C@H]2CCC(Cl)C2/C=C/CC(O)C2(Cc3ccccn3)CCC2)s1. The van der Waals surface area contributed by atoms with Crippen LogP contribution in [0, 0.1) is 17.3 Å². The monoisotopic (exact) mass is 501 g/mol. The van der Waals surface area contributed by atoms with Crippen molar-refractivity contribution in [2.75, 3.05) is 7.11 Å². The summed E-state index contributed by atoms with van der Waals surface area (Å²) in [6.07, 6.45) is 16.3. The molecule has 34 heavy (non-hydrogen) atoms. The highest BCUT2D eigenvalue weighted by Crippen LogP contribution is 2.47. The van der Waals surface area contributed by atoms with Crippen molar-refractivity contribution in [2.45, 2.75) is 75.7 Å². The minimum Gasteiger partial charge on any atom is -0.465 e. The fourth-order valence-electron chi connectivity index (χ4n) is 5.67. The van der Waals surface area contributed by atoms with Gasteiger partial charge in [-0.05, 0) is 93.9 Å². The number of thiophene rings is 1. The van der Waals surface area contributed by atoms with E-state index in [1.165, 1.54) is 29.7 Å². The van der Waals surface area contributed by atoms with Crippen LogP contribution in [0.15, 0.2) is 48.7 Å². The van der Waals surface area contributed by atoms with Crippen LogP contribution in [0.3, 0.4) is 0 Å². The van der Waals surface area contributed by atoms with Crippen LogP contribution in [0.4, 0.5) is 0 Å². The third-order valence-corrected chi connectivity index (χ3v) is 9.49. The molecule has 0 aliphatic heterocycles. The lowest BCUT2D eigenvalue weighted by molar-refractivity contribution is -0.0331. The second-order valence-electron chi connectivity index (χ2n) is 9.97. The topological polar surface area (TPSA) is 59.4 Å². The second kappa shape index (κ2) is 11.8. The zero-order chi connectivity index (χ0) is 24.0. The van der Waals surface area contributed by atoms with E-state index in [4.69, 9.17) is 16.3 Å². The largest absolute Gasteiger partial charge is 0.465 e. The number of alkyl halides is 1. The lowest BCUT2D eigenvalue weighted by Crippen LogP contribution is -2.43. The summed E-state index contributed by atoms with van der Waals surface area (Å²) in [6, 6.07) is 9.93. The Kier molecular flexibility index (Phi) is 8.84. The Hall–Kier alpha value is -1.69. The summed E-state index contributed by atoms with van der Waals surface area (Å²) >= 11 is 8.23. The molecule has 1 N–H and O–H groups in total. The number of pyridine rings is 1. The summed E-state index contributed by atoms with van der Waals surface area (Å²) in [5.41, 5.74) is 1.05. The number of aromatic nitrogens is 1. The molecule has 0 amide bonds. The normalized spacial score (nSPS) is 24.7. The number of hydrogen-bond acceptors (Lipinski definition) is 5. The molecule has 4 atom stereocenters. The number of aliphatic hydroxyl groups excluding tert-OH is 1. The molecular weight excluding hydrogens is 466 g/mol. The van der Waals surface area contributed by atoms with Gasteiger partial charge in [0.2, 0.25) is 0 Å². The Morgan fingerprint density at radius 1 is 1.32 bits per heavy atom. The molecule has 2 aromatic heterocycles. The van der Waals surface area contributed by atoms with Crippen LogP contribution in [0.1, 0.15) is 71.6 Å². The molecule has 0 saturated heterocycles. The Labute approximate surface area is 212 Å². The van der Waals surface area contributed by atoms with Crippen LogP contribution in [-0.4, -0.2) is 34.7 Å². The van der Waals surface area contributed by atoms with E-state index in [2.05, 4.69) is 23.2 Å². The maximum Gasteiger partial charge on any atom is 0.348 e. The third-order valence-electron chi connectivity index (χ3n) is 7.85. The predicted molar refractivity (Wildman–Crippen MR) is 138 cm³/mol. The molecule has 0 aromatic carbocycles. The van der Waals surface area contributed by atoms with Crippen molar-refractivity contribution in [1.29, 1.82) is 0 Å². The van der Waals surface area contributed by atoms with Gasteiger partial charge in [0, 0.05) is 27.6 Å². The van der Waals surface area contributed by atoms with Gasteiger partial charge in [-0.1, -0.05) is 24.6 Å². The fraction of sp³-hybridized carbons (Fsp3) is 0.571. The number of rotatable bonds is 11. The summed E-state index contributed by atoms with van der Waals surface area (Å²) in [4.78, 5) is 18.0. The highest BCUT2D eigenvalue weighted by Gasteiger charge is 2.43. The number of ether oxygens (including phenoxy) is 1. The van der Waals surface area contributed by atoms with Crippen molar-refractivity contribution >= 4 is 28.9 Å². The molecule has 2 aliphatic carbocycles. The molecule has 2 aromatic rings. The van der Waals surface area contributed by atoms with E-state index in [-0.39, 0.29) is 22.9 Å². The number of methoxy groups -OCH3 is 1. The van der Waals surface area contributed by atoms with Gasteiger partial charge in [-0.3, -0.25) is 4.98 Å². The van der Waals surface area contributed by atoms with E-state index >= 15 is 0 Å². The zero-order valence-electron chi connectivity index (χ0n) is 20.0. The van der Waals surface area contributed by atoms with Crippen LogP contribution in [0.2, 0.25) is 0 Å². The van der Waals surface area contributed by atoms with Crippen LogP contribution >= 0.6 is 22.9 Å². The molecule has 0 bridgehead atoms. The highest BCUT2D eigenvalue weighted by molar-refractivity contribution is 7.13. The van der Waals surface area contributed by atoms with E-state index in [9.17, 15) is 9.90 Å². The zero-order valence-corrected chi connectivity index (χ0v) is 21.6. The first-order chi connectivity index (χ1) is 16.5. The number of esters is 1. The number of nitrogens with zero attached hydrogens (tertiary/aromatic N) is 1. The second-order valence-corrected chi connectivity index (χ2v) is 11.7. The van der Waals surface area contributed by atoms with E-state index < -0.39 is 0 Å². The first-order valence-corrected chi connectivity index (χ1v) is 13.8. The number of carbonyl (C=O) groups is 1. The third kappa shape index (κ3) is 6.10. The van der Waals surface area contributed by atoms with Gasteiger partial charge in [-0.15, -0.1) is 22.9 Å². The van der Waals surface area contributed by atoms with Gasteiger partial charge in [0.25, 0.3) is 0 Å². The summed E-state index contributed by atoms with van der Waals surface area (Å²) in [5, 5.41) is 11.2. The lowest BCUT2D eigenvalue weighted by Gasteiger charge is -2.45. The van der Waals surface area contributed by atoms with E-state index in [0.717, 1.165) is 57.1 Å². The van der Waals surface area contributed by atoms with E-state index in [0.29, 0.717) is 23.1 Å². The summed E-state index contributed by atoms with van der Waals surface area (Å²) in [5.74, 6) is 0.700. The lowest BCUT2D eigenvalue weighted by atomic mass is 9.62. The molecular formula is C28H36ClNO3S. The molecule has 0 spiro atoms. The molecule has 3 unspecified atom stereocenters. The molecule has 6 heteroatoms. The summed E-state index contributed by atoms with van der Waals surface area (Å²) in [6.45, 7) is 0. The van der Waals surface area contributed by atoms with Gasteiger partial charge >= 0.3 is 5.97 Å². The fourth-order valence-corrected chi connectivity index (χ4v) is 7.05. The minimum atomic E-state index is -0.337. The Morgan fingerprint density at radius 2 is 2.18 bits per heavy atom. The molecule has 0 radical (unpaired) electrons. The summed E-state index contributed by atoms with van der Waals surface area (Å²) < 4.78 is 4.81. The highest BCUT2D eigenvalue weighted by atomic mass is 35.5. The number of aliphatic hydroxyl groups is 1. The van der Waals surface area contributed by atoms with Gasteiger partial charge in [-0.25, -0.2) is 4.79 Å². The van der Waals surface area contributed by atoms with Gasteiger partial charge in [0.1, 0.15) is 4.88 Å². The van der Waals surface area contributed by atoms with Crippen LogP contribution < -0.4 is 0 Å². The van der Waals surface area contributed by atoms with Crippen molar-refractivity contribution in [1.82, 2.24) is 4.98 Å². The quantitative estimate of drug-likeness (QED) is 0.214. The van der Waals surface area contributed by atoms with Crippen molar-refractivity contribution < 1.29 is 14.6 Å². The van der Waals surface area contributed by atoms with Crippen LogP contribution in [0.25, 0.3) is 0 Å². The Bertz CT molecular complexity index is 956. The van der Waals surface area contributed by atoms with Crippen molar-refractivity contribution in [3.8, 4) is 0 Å². The van der Waals surface area contributed by atoms with Crippen molar-refractivity contribution in [3.63, 3.8) is 0 Å². The van der Waals surface area contributed by atoms with Crippen molar-refractivity contribution in [3.05, 3.63) is 64.1 Å². The smallest absolute Gasteiger partial charge is 0.348 e. The Morgan fingerprint density at radius 3 is 2.88 bits per heavy atom. The van der Waals surface area contributed by atoms with Crippen LogP contribution in [-0.2, 0) is 17.6 Å². The van der Waals surface area contributed by atoms with E-state index in [1.54, 1.807) is 0 Å². The molecule has 2 saturated carbocycles. The van der Waals surface area contributed by atoms with Crippen molar-refractivity contribution in [2.24, 2.45) is 17.3 Å². The number of hydrogen-bond donors (Lipinski definition) is 1. The number of halogens is 1. The maximum absolute atomic E-state index is 11.7. The average molecular weight is 502 g/mol. The first-order valence-electron chi connectivity index (χ1n) is 12.6. The molecule has 2 heterocycles. The first kappa shape index (κ1) is 25.4. The molecule has 184 valence electrons. The maximum atomic E-state index is 11.7. The number of allylic oxidation sites excluding steroid dienone is 1. The predicted octanol–water partition coefficient (Wildman–Crippen LogP) is 6.61. The minimum absolute atomic E-state index is 0.0299. The van der Waals surface area contributed by atoms with Crippen LogP contribution in [0.5, 0.6) is 0 Å².